The fourth-order valence-electron chi connectivity index (χ4n) is 2.01. The molecule has 100 valence electrons. The van der Waals surface area contributed by atoms with Crippen LogP contribution in [0.25, 0.3) is 11.0 Å². The highest BCUT2D eigenvalue weighted by Gasteiger charge is 2.16. The number of rotatable bonds is 2. The average Bonchev–Trinajstić information content (AvgIpc) is 2.79. The second-order valence-electron chi connectivity index (χ2n) is 4.40. The van der Waals surface area contributed by atoms with E-state index in [1.54, 1.807) is 6.07 Å². The maximum absolute atomic E-state index is 13.1. The minimum absolute atomic E-state index is 0.118. The molecule has 0 bridgehead atoms. The molecule has 0 aliphatic heterocycles. The van der Waals surface area contributed by atoms with E-state index in [-0.39, 0.29) is 17.4 Å². The van der Waals surface area contributed by atoms with E-state index in [1.165, 1.54) is 36.4 Å². The van der Waals surface area contributed by atoms with Crippen LogP contribution in [0.1, 0.15) is 16.1 Å². The van der Waals surface area contributed by atoms with Gasteiger partial charge in [0.2, 0.25) is 5.78 Å². The molecule has 2 aromatic carbocycles. The molecule has 0 amide bonds. The number of anilines is 1. The molecule has 3 rings (SSSR count). The van der Waals surface area contributed by atoms with Crippen molar-refractivity contribution in [3.05, 3.63) is 64.6 Å². The SMILES string of the molecule is Nc1cc(Cl)cc(C(=O)c2cc3cc(F)ccc3o2)c1. The van der Waals surface area contributed by atoms with Gasteiger partial charge in [-0.3, -0.25) is 4.79 Å². The number of nitrogen functional groups attached to an aromatic ring is 1. The number of hydrogen-bond acceptors (Lipinski definition) is 3. The topological polar surface area (TPSA) is 56.2 Å². The smallest absolute Gasteiger partial charge is 0.228 e. The van der Waals surface area contributed by atoms with Gasteiger partial charge in [0.1, 0.15) is 11.4 Å². The monoisotopic (exact) mass is 289 g/mol. The number of furan rings is 1. The summed E-state index contributed by atoms with van der Waals surface area (Å²) < 4.78 is 18.5. The Morgan fingerprint density at radius 3 is 2.70 bits per heavy atom. The van der Waals surface area contributed by atoms with Crippen molar-refractivity contribution in [1.82, 2.24) is 0 Å². The average molecular weight is 290 g/mol. The molecular weight excluding hydrogens is 281 g/mol. The first kappa shape index (κ1) is 12.7. The Morgan fingerprint density at radius 2 is 1.95 bits per heavy atom. The molecule has 0 spiro atoms. The summed E-state index contributed by atoms with van der Waals surface area (Å²) in [4.78, 5) is 12.3. The molecular formula is C15H9ClFNO2. The second-order valence-corrected chi connectivity index (χ2v) is 4.83. The number of nitrogens with two attached hydrogens (primary N) is 1. The van der Waals surface area contributed by atoms with Gasteiger partial charge in [-0.25, -0.2) is 4.39 Å². The van der Waals surface area contributed by atoms with Gasteiger partial charge in [0.15, 0.2) is 5.76 Å². The fourth-order valence-corrected chi connectivity index (χ4v) is 2.26. The van der Waals surface area contributed by atoms with Crippen LogP contribution in [0.4, 0.5) is 10.1 Å². The van der Waals surface area contributed by atoms with E-state index in [1.807, 2.05) is 0 Å². The van der Waals surface area contributed by atoms with E-state index in [4.69, 9.17) is 21.8 Å². The Kier molecular flexibility index (Phi) is 2.95. The van der Waals surface area contributed by atoms with Crippen molar-refractivity contribution in [2.75, 3.05) is 5.73 Å². The maximum Gasteiger partial charge on any atom is 0.228 e. The van der Waals surface area contributed by atoms with Crippen molar-refractivity contribution >= 4 is 34.0 Å². The molecule has 3 aromatic rings. The Labute approximate surface area is 118 Å². The molecule has 5 heteroatoms. The minimum atomic E-state index is -0.385. The van der Waals surface area contributed by atoms with Crippen molar-refractivity contribution in [2.45, 2.75) is 0 Å². The minimum Gasteiger partial charge on any atom is -0.453 e. The van der Waals surface area contributed by atoms with Gasteiger partial charge in [-0.2, -0.15) is 0 Å². The molecule has 0 fully saturated rings. The third-order valence-corrected chi connectivity index (χ3v) is 3.10. The van der Waals surface area contributed by atoms with Gasteiger partial charge in [-0.1, -0.05) is 11.6 Å². The summed E-state index contributed by atoms with van der Waals surface area (Å²) in [5, 5.41) is 0.902. The normalized spacial score (nSPS) is 10.9. The van der Waals surface area contributed by atoms with Crippen LogP contribution in [0.3, 0.4) is 0 Å². The highest BCUT2D eigenvalue weighted by Crippen LogP contribution is 2.24. The zero-order valence-corrected chi connectivity index (χ0v) is 10.9. The van der Waals surface area contributed by atoms with Crippen molar-refractivity contribution in [3.8, 4) is 0 Å². The van der Waals surface area contributed by atoms with Crippen molar-refractivity contribution in [3.63, 3.8) is 0 Å². The summed E-state index contributed by atoms with van der Waals surface area (Å²) in [5.41, 5.74) is 6.82. The molecule has 0 radical (unpaired) electrons. The van der Waals surface area contributed by atoms with Gasteiger partial charge >= 0.3 is 0 Å². The molecule has 0 atom stereocenters. The van der Waals surface area contributed by atoms with Crippen molar-refractivity contribution in [1.29, 1.82) is 0 Å². The highest BCUT2D eigenvalue weighted by molar-refractivity contribution is 6.31. The van der Waals surface area contributed by atoms with E-state index in [0.717, 1.165) is 0 Å². The third kappa shape index (κ3) is 2.26. The lowest BCUT2D eigenvalue weighted by molar-refractivity contribution is 0.101. The Bertz CT molecular complexity index is 806. The summed E-state index contributed by atoms with van der Waals surface area (Å²) >= 11 is 5.87. The molecule has 1 heterocycles. The first-order valence-electron chi connectivity index (χ1n) is 5.83. The maximum atomic E-state index is 13.1. The quantitative estimate of drug-likeness (QED) is 0.572. The van der Waals surface area contributed by atoms with E-state index in [0.29, 0.717) is 27.2 Å². The highest BCUT2D eigenvalue weighted by atomic mass is 35.5. The van der Waals surface area contributed by atoms with Crippen LogP contribution in [0.5, 0.6) is 0 Å². The molecule has 20 heavy (non-hydrogen) atoms. The van der Waals surface area contributed by atoms with E-state index < -0.39 is 0 Å². The molecule has 0 saturated heterocycles. The second kappa shape index (κ2) is 4.65. The molecule has 1 aromatic heterocycles. The van der Waals surface area contributed by atoms with Crippen LogP contribution >= 0.6 is 11.6 Å². The number of carbonyl (C=O) groups excluding carboxylic acids is 1. The summed E-state index contributed by atoms with van der Waals surface area (Å²) in [7, 11) is 0. The van der Waals surface area contributed by atoms with E-state index in [9.17, 15) is 9.18 Å². The Balaban J connectivity index is 2.07. The summed E-state index contributed by atoms with van der Waals surface area (Å²) in [6, 6.07) is 10.1. The molecule has 2 N–H and O–H groups in total. The number of fused-ring (bicyclic) bond motifs is 1. The first-order valence-corrected chi connectivity index (χ1v) is 6.20. The predicted octanol–water partition coefficient (Wildman–Crippen LogP) is 4.04. The predicted molar refractivity (Wildman–Crippen MR) is 75.5 cm³/mol. The number of ketones is 1. The van der Waals surface area contributed by atoms with Crippen molar-refractivity contribution < 1.29 is 13.6 Å². The number of carbonyl (C=O) groups is 1. The van der Waals surface area contributed by atoms with Crippen LogP contribution in [-0.2, 0) is 0 Å². The molecule has 0 saturated carbocycles. The van der Waals surface area contributed by atoms with Crippen molar-refractivity contribution in [2.24, 2.45) is 0 Å². The molecule has 0 unspecified atom stereocenters. The lowest BCUT2D eigenvalue weighted by atomic mass is 10.1. The zero-order valence-electron chi connectivity index (χ0n) is 10.2. The lowest BCUT2D eigenvalue weighted by Crippen LogP contribution is -2.00. The Hall–Kier alpha value is -2.33. The molecule has 0 aliphatic carbocycles. The van der Waals surface area contributed by atoms with Gasteiger partial charge in [0, 0.05) is 21.7 Å². The first-order chi connectivity index (χ1) is 9.52. The van der Waals surface area contributed by atoms with Crippen LogP contribution in [0, 0.1) is 5.82 Å². The van der Waals surface area contributed by atoms with Gasteiger partial charge in [0.05, 0.1) is 0 Å². The van der Waals surface area contributed by atoms with Crippen LogP contribution in [0.2, 0.25) is 5.02 Å². The zero-order chi connectivity index (χ0) is 14.3. The van der Waals surface area contributed by atoms with E-state index >= 15 is 0 Å². The van der Waals surface area contributed by atoms with Crippen LogP contribution < -0.4 is 5.73 Å². The Morgan fingerprint density at radius 1 is 1.15 bits per heavy atom. The molecule has 0 aliphatic rings. The lowest BCUT2D eigenvalue weighted by Gasteiger charge is -2.00. The fraction of sp³-hybridized carbons (Fsp3) is 0. The van der Waals surface area contributed by atoms with Gasteiger partial charge < -0.3 is 10.2 Å². The standard InChI is InChI=1S/C15H9ClFNO2/c16-10-3-9(5-12(18)7-10)15(19)14-6-8-4-11(17)1-2-13(8)20-14/h1-7H,18H2. The van der Waals surface area contributed by atoms with Crippen LogP contribution in [0.15, 0.2) is 46.9 Å². The number of hydrogen-bond donors (Lipinski definition) is 1. The van der Waals surface area contributed by atoms with Gasteiger partial charge in [0.25, 0.3) is 0 Å². The number of benzene rings is 2. The summed E-state index contributed by atoms with van der Waals surface area (Å²) in [6.45, 7) is 0. The van der Waals surface area contributed by atoms with Gasteiger partial charge in [-0.15, -0.1) is 0 Å². The van der Waals surface area contributed by atoms with Crippen LogP contribution in [-0.4, -0.2) is 5.78 Å². The molecule has 3 nitrogen and oxygen atoms in total. The summed E-state index contributed by atoms with van der Waals surface area (Å²) in [5.74, 6) is -0.618. The van der Waals surface area contributed by atoms with Gasteiger partial charge in [-0.05, 0) is 42.5 Å². The summed E-state index contributed by atoms with van der Waals surface area (Å²) in [6.07, 6.45) is 0. The third-order valence-electron chi connectivity index (χ3n) is 2.88. The largest absolute Gasteiger partial charge is 0.453 e. The number of halogens is 2. The van der Waals surface area contributed by atoms with E-state index in [2.05, 4.69) is 0 Å².